The van der Waals surface area contributed by atoms with Crippen molar-refractivity contribution in [2.24, 2.45) is 11.8 Å². The quantitative estimate of drug-likeness (QED) is 0.785. The monoisotopic (exact) mass is 229 g/mol. The number of fused-ring (bicyclic) bond motifs is 1. The van der Waals surface area contributed by atoms with E-state index in [-0.39, 0.29) is 6.10 Å². The number of rotatable bonds is 1. The zero-order chi connectivity index (χ0) is 11.8. The van der Waals surface area contributed by atoms with Gasteiger partial charge in [-0.2, -0.15) is 5.26 Å². The molecule has 1 saturated heterocycles. The van der Waals surface area contributed by atoms with E-state index in [0.717, 1.165) is 31.7 Å². The van der Waals surface area contributed by atoms with Crippen LogP contribution in [0.3, 0.4) is 0 Å². The predicted molar refractivity (Wildman–Crippen MR) is 63.4 cm³/mol. The minimum absolute atomic E-state index is 0.149. The van der Waals surface area contributed by atoms with Crippen LogP contribution in [0.2, 0.25) is 0 Å². The Bertz CT molecular complexity index is 468. The second-order valence-corrected chi connectivity index (χ2v) is 4.97. The second-order valence-electron chi connectivity index (χ2n) is 4.97. The van der Waals surface area contributed by atoms with Gasteiger partial charge in [-0.3, -0.25) is 0 Å². The first-order valence-corrected chi connectivity index (χ1v) is 6.08. The highest BCUT2D eigenvalue weighted by atomic mass is 16.3. The lowest BCUT2D eigenvalue weighted by molar-refractivity contribution is 0.133. The molecule has 0 spiro atoms. The third-order valence-corrected chi connectivity index (χ3v) is 3.99. The standard InChI is InChI=1S/C13H15N3O/c14-6-10-2-1-3-13(15-10)16-7-9-4-5-12(17)11(9)8-16/h1-3,9,11-12,17H,4-5,7-8H2. The lowest BCUT2D eigenvalue weighted by atomic mass is 10.00. The summed E-state index contributed by atoms with van der Waals surface area (Å²) < 4.78 is 0. The summed E-state index contributed by atoms with van der Waals surface area (Å²) in [7, 11) is 0. The summed E-state index contributed by atoms with van der Waals surface area (Å²) in [6, 6.07) is 7.59. The third-order valence-electron chi connectivity index (χ3n) is 3.99. The Morgan fingerprint density at radius 3 is 3.00 bits per heavy atom. The molecule has 1 aromatic rings. The number of hydrogen-bond donors (Lipinski definition) is 1. The number of aliphatic hydroxyl groups excluding tert-OH is 1. The Balaban J connectivity index is 1.81. The molecule has 0 aromatic carbocycles. The Hall–Kier alpha value is -1.60. The van der Waals surface area contributed by atoms with Crippen molar-refractivity contribution < 1.29 is 5.11 Å². The van der Waals surface area contributed by atoms with Crippen LogP contribution in [0.5, 0.6) is 0 Å². The highest BCUT2D eigenvalue weighted by Crippen LogP contribution is 2.39. The average molecular weight is 229 g/mol. The molecule has 2 fully saturated rings. The summed E-state index contributed by atoms with van der Waals surface area (Å²) in [4.78, 5) is 6.50. The first-order valence-electron chi connectivity index (χ1n) is 6.08. The Labute approximate surface area is 101 Å². The Morgan fingerprint density at radius 2 is 2.24 bits per heavy atom. The maximum absolute atomic E-state index is 9.87. The lowest BCUT2D eigenvalue weighted by Gasteiger charge is -2.19. The van der Waals surface area contributed by atoms with E-state index in [1.807, 2.05) is 12.1 Å². The maximum Gasteiger partial charge on any atom is 0.142 e. The molecular formula is C13H15N3O. The van der Waals surface area contributed by atoms with Crippen molar-refractivity contribution in [1.29, 1.82) is 5.26 Å². The summed E-state index contributed by atoms with van der Waals surface area (Å²) in [5, 5.41) is 18.7. The molecule has 88 valence electrons. The molecule has 0 bridgehead atoms. The van der Waals surface area contributed by atoms with E-state index >= 15 is 0 Å². The van der Waals surface area contributed by atoms with Crippen LogP contribution >= 0.6 is 0 Å². The third kappa shape index (κ3) is 1.77. The van der Waals surface area contributed by atoms with Crippen molar-refractivity contribution in [3.8, 4) is 6.07 Å². The van der Waals surface area contributed by atoms with Gasteiger partial charge in [-0.1, -0.05) is 6.07 Å². The van der Waals surface area contributed by atoms with Crippen molar-refractivity contribution >= 4 is 5.82 Å². The number of aromatic nitrogens is 1. The van der Waals surface area contributed by atoms with Gasteiger partial charge in [-0.05, 0) is 30.9 Å². The van der Waals surface area contributed by atoms with Crippen LogP contribution < -0.4 is 4.90 Å². The van der Waals surface area contributed by atoms with Crippen LogP contribution in [0.15, 0.2) is 18.2 Å². The SMILES string of the molecule is N#Cc1cccc(N2CC3CCC(O)C3C2)n1. The first kappa shape index (κ1) is 10.5. The van der Waals surface area contributed by atoms with E-state index in [0.29, 0.717) is 17.5 Å². The van der Waals surface area contributed by atoms with E-state index in [4.69, 9.17) is 5.26 Å². The molecule has 4 heteroatoms. The molecule has 3 rings (SSSR count). The number of nitrogens with zero attached hydrogens (tertiary/aromatic N) is 3. The minimum atomic E-state index is -0.149. The van der Waals surface area contributed by atoms with Gasteiger partial charge in [-0.25, -0.2) is 4.98 Å². The molecule has 3 unspecified atom stereocenters. The van der Waals surface area contributed by atoms with Gasteiger partial charge in [0.05, 0.1) is 6.10 Å². The van der Waals surface area contributed by atoms with Crippen LogP contribution in [0.4, 0.5) is 5.82 Å². The van der Waals surface area contributed by atoms with E-state index in [1.54, 1.807) is 6.07 Å². The fourth-order valence-corrected chi connectivity index (χ4v) is 3.09. The van der Waals surface area contributed by atoms with E-state index in [1.165, 1.54) is 0 Å². The number of anilines is 1. The van der Waals surface area contributed by atoms with Gasteiger partial charge in [0, 0.05) is 19.0 Å². The topological polar surface area (TPSA) is 60.2 Å². The molecule has 2 heterocycles. The molecular weight excluding hydrogens is 214 g/mol. The predicted octanol–water partition coefficient (Wildman–Crippen LogP) is 1.16. The van der Waals surface area contributed by atoms with E-state index in [9.17, 15) is 5.11 Å². The fraction of sp³-hybridized carbons (Fsp3) is 0.538. The van der Waals surface area contributed by atoms with Gasteiger partial charge >= 0.3 is 0 Å². The van der Waals surface area contributed by atoms with Gasteiger partial charge in [0.25, 0.3) is 0 Å². The van der Waals surface area contributed by atoms with Gasteiger partial charge in [0.15, 0.2) is 0 Å². The Kier molecular flexibility index (Phi) is 2.49. The molecule has 3 atom stereocenters. The lowest BCUT2D eigenvalue weighted by Crippen LogP contribution is -2.25. The maximum atomic E-state index is 9.87. The fourth-order valence-electron chi connectivity index (χ4n) is 3.09. The molecule has 17 heavy (non-hydrogen) atoms. The molecule has 1 aliphatic carbocycles. The van der Waals surface area contributed by atoms with Gasteiger partial charge < -0.3 is 10.0 Å². The number of aliphatic hydroxyl groups is 1. The van der Waals surface area contributed by atoms with Crippen LogP contribution in [0, 0.1) is 23.2 Å². The number of hydrogen-bond acceptors (Lipinski definition) is 4. The zero-order valence-electron chi connectivity index (χ0n) is 9.58. The summed E-state index contributed by atoms with van der Waals surface area (Å²) >= 11 is 0. The highest BCUT2D eigenvalue weighted by molar-refractivity contribution is 5.43. The van der Waals surface area contributed by atoms with E-state index in [2.05, 4.69) is 16.0 Å². The molecule has 4 nitrogen and oxygen atoms in total. The van der Waals surface area contributed by atoms with Crippen molar-refractivity contribution in [3.63, 3.8) is 0 Å². The van der Waals surface area contributed by atoms with E-state index < -0.39 is 0 Å². The molecule has 0 radical (unpaired) electrons. The van der Waals surface area contributed by atoms with Crippen LogP contribution in [0.25, 0.3) is 0 Å². The highest BCUT2D eigenvalue weighted by Gasteiger charge is 2.42. The first-order chi connectivity index (χ1) is 8.28. The van der Waals surface area contributed by atoms with Crippen molar-refractivity contribution in [1.82, 2.24) is 4.98 Å². The zero-order valence-corrected chi connectivity index (χ0v) is 9.58. The summed E-state index contributed by atoms with van der Waals surface area (Å²) in [6.07, 6.45) is 1.90. The largest absolute Gasteiger partial charge is 0.393 e. The summed E-state index contributed by atoms with van der Waals surface area (Å²) in [5.74, 6) is 1.85. The van der Waals surface area contributed by atoms with Crippen LogP contribution in [-0.2, 0) is 0 Å². The summed E-state index contributed by atoms with van der Waals surface area (Å²) in [5.41, 5.74) is 0.458. The molecule has 2 aliphatic rings. The smallest absolute Gasteiger partial charge is 0.142 e. The molecule has 1 aliphatic heterocycles. The second kappa shape index (κ2) is 4.01. The van der Waals surface area contributed by atoms with Crippen LogP contribution in [0.1, 0.15) is 18.5 Å². The van der Waals surface area contributed by atoms with Crippen molar-refractivity contribution in [2.75, 3.05) is 18.0 Å². The van der Waals surface area contributed by atoms with Gasteiger partial charge in [0.2, 0.25) is 0 Å². The number of nitriles is 1. The molecule has 1 aromatic heterocycles. The van der Waals surface area contributed by atoms with Crippen LogP contribution in [-0.4, -0.2) is 29.3 Å². The average Bonchev–Trinajstić information content (AvgIpc) is 2.92. The van der Waals surface area contributed by atoms with Gasteiger partial charge in [-0.15, -0.1) is 0 Å². The summed E-state index contributed by atoms with van der Waals surface area (Å²) in [6.45, 7) is 1.83. The minimum Gasteiger partial charge on any atom is -0.393 e. The normalized spacial score (nSPS) is 31.3. The molecule has 1 saturated carbocycles. The Morgan fingerprint density at radius 1 is 1.35 bits per heavy atom. The molecule has 1 N–H and O–H groups in total. The van der Waals surface area contributed by atoms with Crippen molar-refractivity contribution in [3.05, 3.63) is 23.9 Å². The number of pyridine rings is 1. The van der Waals surface area contributed by atoms with Crippen molar-refractivity contribution in [2.45, 2.75) is 18.9 Å². The van der Waals surface area contributed by atoms with Gasteiger partial charge in [0.1, 0.15) is 17.6 Å². The molecule has 0 amide bonds.